The molecule has 3 aromatic rings. The molecule has 0 N–H and O–H groups in total. The van der Waals surface area contributed by atoms with Crippen LogP contribution in [-0.2, 0) is 6.42 Å². The fourth-order valence-corrected chi connectivity index (χ4v) is 3.90. The third-order valence-electron chi connectivity index (χ3n) is 5.14. The Morgan fingerprint density at radius 1 is 0.792 bits per heavy atom. The molecule has 0 unspecified atom stereocenters. The first-order valence-electron chi connectivity index (χ1n) is 9.16. The number of hydrogen-bond donors (Lipinski definition) is 0. The van der Waals surface area contributed by atoms with Gasteiger partial charge >= 0.3 is 0 Å². The predicted octanol–water partition coefficient (Wildman–Crippen LogP) is 7.03. The summed E-state index contributed by atoms with van der Waals surface area (Å²) in [7, 11) is 0. The molecular weight excluding hydrogens is 288 g/mol. The van der Waals surface area contributed by atoms with Crippen LogP contribution >= 0.6 is 0 Å². The Hall–Kier alpha value is -2.34. The van der Waals surface area contributed by atoms with Crippen LogP contribution in [0.15, 0.2) is 66.2 Å². The molecule has 0 heterocycles. The molecule has 1 aliphatic rings. The van der Waals surface area contributed by atoms with E-state index in [4.69, 9.17) is 0 Å². The van der Waals surface area contributed by atoms with Crippen LogP contribution < -0.4 is 0 Å². The molecule has 0 aliphatic heterocycles. The summed E-state index contributed by atoms with van der Waals surface area (Å²) in [4.78, 5) is 0. The largest absolute Gasteiger partial charge is 0.0654 e. The zero-order chi connectivity index (χ0) is 16.4. The Morgan fingerprint density at radius 3 is 2.50 bits per heavy atom. The van der Waals surface area contributed by atoms with Crippen molar-refractivity contribution in [3.8, 4) is 11.1 Å². The van der Waals surface area contributed by atoms with Gasteiger partial charge in [-0.3, -0.25) is 0 Å². The maximum absolute atomic E-state index is 2.46. The molecule has 0 radical (unpaired) electrons. The van der Waals surface area contributed by atoms with Crippen LogP contribution in [0.5, 0.6) is 0 Å². The molecule has 0 heteroatoms. The zero-order valence-corrected chi connectivity index (χ0v) is 14.4. The lowest BCUT2D eigenvalue weighted by Gasteiger charge is -2.11. The lowest BCUT2D eigenvalue weighted by atomic mass is 9.93. The highest BCUT2D eigenvalue weighted by molar-refractivity contribution is 5.99. The Morgan fingerprint density at radius 2 is 1.58 bits per heavy atom. The highest BCUT2D eigenvalue weighted by Gasteiger charge is 2.17. The maximum Gasteiger partial charge on any atom is -0.00576 e. The Bertz CT molecular complexity index is 894. The quantitative estimate of drug-likeness (QED) is 0.444. The molecule has 4 rings (SSSR count). The minimum absolute atomic E-state index is 1.14. The summed E-state index contributed by atoms with van der Waals surface area (Å²) in [5, 5.41) is 2.67. The van der Waals surface area contributed by atoms with E-state index >= 15 is 0 Å². The van der Waals surface area contributed by atoms with E-state index in [0.717, 1.165) is 6.42 Å². The van der Waals surface area contributed by atoms with Gasteiger partial charge in [-0.15, -0.1) is 0 Å². The van der Waals surface area contributed by atoms with Gasteiger partial charge in [0.2, 0.25) is 0 Å². The van der Waals surface area contributed by atoms with E-state index in [1.807, 2.05) is 0 Å². The number of unbranched alkanes of at least 4 members (excludes halogenated alkanes) is 2. The summed E-state index contributed by atoms with van der Waals surface area (Å²) < 4.78 is 0. The Labute approximate surface area is 144 Å². The second-order valence-corrected chi connectivity index (χ2v) is 6.84. The second-order valence-electron chi connectivity index (χ2n) is 6.84. The van der Waals surface area contributed by atoms with Crippen molar-refractivity contribution in [1.82, 2.24) is 0 Å². The fourth-order valence-electron chi connectivity index (χ4n) is 3.90. The van der Waals surface area contributed by atoms with E-state index in [2.05, 4.69) is 73.7 Å². The van der Waals surface area contributed by atoms with Crippen LogP contribution in [0.3, 0.4) is 0 Å². The van der Waals surface area contributed by atoms with Gasteiger partial charge in [0.05, 0.1) is 0 Å². The highest BCUT2D eigenvalue weighted by Crippen LogP contribution is 2.38. The first kappa shape index (κ1) is 15.2. The van der Waals surface area contributed by atoms with E-state index in [1.165, 1.54) is 58.7 Å². The van der Waals surface area contributed by atoms with E-state index in [1.54, 1.807) is 5.57 Å². The smallest absolute Gasteiger partial charge is 0.00576 e. The summed E-state index contributed by atoms with van der Waals surface area (Å²) in [6.45, 7) is 2.27. The predicted molar refractivity (Wildman–Crippen MR) is 105 cm³/mol. The summed E-state index contributed by atoms with van der Waals surface area (Å²) in [5.74, 6) is 0. The molecular formula is C24H24. The van der Waals surface area contributed by atoms with Gasteiger partial charge in [0.25, 0.3) is 0 Å². The van der Waals surface area contributed by atoms with Crippen LogP contribution in [0.4, 0.5) is 0 Å². The lowest BCUT2D eigenvalue weighted by molar-refractivity contribution is 0.709. The Kier molecular flexibility index (Phi) is 4.21. The van der Waals surface area contributed by atoms with Gasteiger partial charge in [-0.25, -0.2) is 0 Å². The van der Waals surface area contributed by atoms with Crippen LogP contribution in [0.25, 0.3) is 28.0 Å². The van der Waals surface area contributed by atoms with E-state index < -0.39 is 0 Å². The molecule has 24 heavy (non-hydrogen) atoms. The second kappa shape index (κ2) is 6.65. The van der Waals surface area contributed by atoms with Crippen LogP contribution in [-0.4, -0.2) is 0 Å². The molecule has 0 fully saturated rings. The molecule has 0 spiro atoms. The summed E-state index contributed by atoms with van der Waals surface area (Å²) >= 11 is 0. The molecule has 0 saturated carbocycles. The number of allylic oxidation sites excluding steroid dienone is 1. The molecule has 0 atom stereocenters. The summed E-state index contributed by atoms with van der Waals surface area (Å²) in [6.07, 6.45) is 8.79. The topological polar surface area (TPSA) is 0 Å². The van der Waals surface area contributed by atoms with Crippen molar-refractivity contribution in [3.63, 3.8) is 0 Å². The minimum Gasteiger partial charge on any atom is -0.0654 e. The third kappa shape index (κ3) is 2.78. The maximum atomic E-state index is 2.46. The van der Waals surface area contributed by atoms with Crippen molar-refractivity contribution in [3.05, 3.63) is 77.4 Å². The van der Waals surface area contributed by atoms with Gasteiger partial charge in [-0.05, 0) is 52.3 Å². The fraction of sp³-hybridized carbons (Fsp3) is 0.250. The van der Waals surface area contributed by atoms with Crippen molar-refractivity contribution < 1.29 is 0 Å². The van der Waals surface area contributed by atoms with Crippen molar-refractivity contribution in [2.75, 3.05) is 0 Å². The number of benzene rings is 3. The van der Waals surface area contributed by atoms with Crippen molar-refractivity contribution >= 4 is 16.8 Å². The minimum atomic E-state index is 1.14. The normalized spacial score (nSPS) is 13.1. The summed E-state index contributed by atoms with van der Waals surface area (Å²) in [5.41, 5.74) is 7.28. The molecule has 0 nitrogen and oxygen atoms in total. The zero-order valence-electron chi connectivity index (χ0n) is 14.4. The monoisotopic (exact) mass is 312 g/mol. The number of fused-ring (bicyclic) bond motifs is 2. The van der Waals surface area contributed by atoms with Crippen molar-refractivity contribution in [1.29, 1.82) is 0 Å². The van der Waals surface area contributed by atoms with Gasteiger partial charge < -0.3 is 0 Å². The Balaban J connectivity index is 1.77. The lowest BCUT2D eigenvalue weighted by Crippen LogP contribution is -1.89. The molecule has 0 saturated heterocycles. The van der Waals surface area contributed by atoms with Gasteiger partial charge in [-0.1, -0.05) is 92.1 Å². The molecule has 1 aliphatic carbocycles. The molecule has 0 aromatic heterocycles. The van der Waals surface area contributed by atoms with Gasteiger partial charge in [0.15, 0.2) is 0 Å². The highest BCUT2D eigenvalue weighted by atomic mass is 14.2. The summed E-state index contributed by atoms with van der Waals surface area (Å²) in [6, 6.07) is 22.2. The van der Waals surface area contributed by atoms with Gasteiger partial charge in [0, 0.05) is 0 Å². The molecule has 0 amide bonds. The van der Waals surface area contributed by atoms with Crippen LogP contribution in [0, 0.1) is 0 Å². The average molecular weight is 312 g/mol. The average Bonchev–Trinajstić information content (AvgIpc) is 3.04. The van der Waals surface area contributed by atoms with Crippen LogP contribution in [0.2, 0.25) is 0 Å². The number of rotatable bonds is 5. The third-order valence-corrected chi connectivity index (χ3v) is 5.14. The van der Waals surface area contributed by atoms with Crippen molar-refractivity contribution in [2.45, 2.75) is 39.0 Å². The molecule has 0 bridgehead atoms. The SMILES string of the molecule is CCCCCC1=Cc2c(cccc2-c2cccc3ccccc23)C1. The standard InChI is InChI=1S/C24H24/c1-2-3-4-9-18-16-20-12-8-15-23(24(20)17-18)22-14-7-11-19-10-5-6-13-21(19)22/h5-8,10-15,17H,2-4,9,16H2,1H3. The first-order chi connectivity index (χ1) is 11.9. The van der Waals surface area contributed by atoms with Gasteiger partial charge in [0.1, 0.15) is 0 Å². The van der Waals surface area contributed by atoms with E-state index in [-0.39, 0.29) is 0 Å². The van der Waals surface area contributed by atoms with Crippen molar-refractivity contribution in [2.24, 2.45) is 0 Å². The van der Waals surface area contributed by atoms with E-state index in [0.29, 0.717) is 0 Å². The molecule has 3 aromatic carbocycles. The number of hydrogen-bond acceptors (Lipinski definition) is 0. The first-order valence-corrected chi connectivity index (χ1v) is 9.16. The van der Waals surface area contributed by atoms with E-state index in [9.17, 15) is 0 Å². The van der Waals surface area contributed by atoms with Gasteiger partial charge in [-0.2, -0.15) is 0 Å². The van der Waals surface area contributed by atoms with Crippen LogP contribution in [0.1, 0.15) is 43.7 Å². The molecule has 120 valence electrons.